The summed E-state index contributed by atoms with van der Waals surface area (Å²) in [5.41, 5.74) is 10.3. The fourth-order valence-corrected chi connectivity index (χ4v) is 6.43. The smallest absolute Gasteiger partial charge is 0.137 e. The van der Waals surface area contributed by atoms with Gasteiger partial charge in [-0.25, -0.2) is 9.67 Å². The third-order valence-corrected chi connectivity index (χ3v) is 9.23. The predicted molar refractivity (Wildman–Crippen MR) is 190 cm³/mol. The van der Waals surface area contributed by atoms with Crippen LogP contribution in [0.25, 0.3) is 44.4 Å². The first-order chi connectivity index (χ1) is 22.3. The number of ether oxygens (including phenoxy) is 1. The van der Waals surface area contributed by atoms with E-state index in [0.717, 1.165) is 52.6 Å². The van der Waals surface area contributed by atoms with Crippen LogP contribution in [0.15, 0.2) is 109 Å². The molecular weight excluding hydrogens is 564 g/mol. The third-order valence-electron chi connectivity index (χ3n) is 9.23. The summed E-state index contributed by atoms with van der Waals surface area (Å²) >= 11 is 0. The molecule has 0 saturated heterocycles. The molecule has 0 N–H and O–H groups in total. The molecule has 5 nitrogen and oxygen atoms in total. The van der Waals surface area contributed by atoms with Gasteiger partial charge in [-0.3, -0.25) is 4.57 Å². The van der Waals surface area contributed by atoms with E-state index < -0.39 is 0 Å². The van der Waals surface area contributed by atoms with Crippen molar-refractivity contribution < 1.29 is 4.74 Å². The summed E-state index contributed by atoms with van der Waals surface area (Å²) in [6, 6.07) is 36.1. The Balaban J connectivity index is 1.33. The molecule has 0 amide bonds. The van der Waals surface area contributed by atoms with Gasteiger partial charge in [0.05, 0.1) is 28.1 Å². The average molecular weight is 605 g/mol. The van der Waals surface area contributed by atoms with Gasteiger partial charge >= 0.3 is 0 Å². The zero-order valence-corrected chi connectivity index (χ0v) is 27.5. The van der Waals surface area contributed by atoms with Crippen molar-refractivity contribution in [3.05, 3.63) is 132 Å². The zero-order valence-electron chi connectivity index (χ0n) is 27.5. The molecule has 0 fully saturated rings. The maximum absolute atomic E-state index is 6.60. The lowest BCUT2D eigenvalue weighted by atomic mass is 9.81. The first-order valence-corrected chi connectivity index (χ1v) is 16.2. The van der Waals surface area contributed by atoms with E-state index in [4.69, 9.17) is 14.8 Å². The fourth-order valence-electron chi connectivity index (χ4n) is 6.43. The number of hydrogen-bond donors (Lipinski definition) is 0. The van der Waals surface area contributed by atoms with Crippen LogP contribution in [-0.2, 0) is 11.8 Å². The van der Waals surface area contributed by atoms with Crippen molar-refractivity contribution in [2.45, 2.75) is 59.8 Å². The van der Waals surface area contributed by atoms with Gasteiger partial charge in [0.25, 0.3) is 0 Å². The Morgan fingerprint density at radius 3 is 2.24 bits per heavy atom. The number of hydrogen-bond acceptors (Lipinski definition) is 3. The van der Waals surface area contributed by atoms with Gasteiger partial charge in [-0.1, -0.05) is 81.8 Å². The van der Waals surface area contributed by atoms with Gasteiger partial charge in [-0.05, 0) is 80.3 Å². The predicted octanol–water partition coefficient (Wildman–Crippen LogP) is 10.7. The summed E-state index contributed by atoms with van der Waals surface area (Å²) in [5.74, 6) is 2.43. The van der Waals surface area contributed by atoms with E-state index >= 15 is 0 Å². The first-order valence-electron chi connectivity index (χ1n) is 16.2. The molecule has 0 spiro atoms. The molecule has 0 radical (unpaired) electrons. The molecule has 3 heterocycles. The van der Waals surface area contributed by atoms with Gasteiger partial charge < -0.3 is 4.74 Å². The number of rotatable bonds is 8. The SMILES string of the molecule is CCc1nn(-c2cccc(Oc3ccc4c5ccccc5n(-c5cc(C)ccn5)c4c3)c2)c(C(C)(C)CC)c1-c1ccc(C)cc1. The Morgan fingerprint density at radius 2 is 1.48 bits per heavy atom. The van der Waals surface area contributed by atoms with Gasteiger partial charge in [-0.15, -0.1) is 0 Å². The van der Waals surface area contributed by atoms with E-state index in [1.165, 1.54) is 38.7 Å². The van der Waals surface area contributed by atoms with Crippen LogP contribution >= 0.6 is 0 Å². The summed E-state index contributed by atoms with van der Waals surface area (Å²) in [6.07, 6.45) is 3.71. The summed E-state index contributed by atoms with van der Waals surface area (Å²) in [4.78, 5) is 4.73. The molecule has 0 saturated carbocycles. The summed E-state index contributed by atoms with van der Waals surface area (Å²) in [5, 5.41) is 7.58. The van der Waals surface area contributed by atoms with Gasteiger partial charge in [0, 0.05) is 40.1 Å². The number of pyridine rings is 1. The Labute approximate surface area is 271 Å². The Morgan fingerprint density at radius 1 is 0.717 bits per heavy atom. The van der Waals surface area contributed by atoms with Gasteiger partial charge in [0.1, 0.15) is 17.3 Å². The molecule has 3 aromatic heterocycles. The standard InChI is InChI=1S/C41H40N4O/c1-7-35-39(29-18-16-27(3)17-19-29)40(41(5,6)8-2)45(43-35)30-12-11-13-31(25-30)46-32-20-21-34-33-14-9-10-15-36(33)44(37(34)26-32)38-24-28(4)22-23-42-38/h9-26H,7-8H2,1-6H3. The van der Waals surface area contributed by atoms with E-state index in [0.29, 0.717) is 0 Å². The van der Waals surface area contributed by atoms with Crippen LogP contribution in [0.2, 0.25) is 0 Å². The zero-order chi connectivity index (χ0) is 32.0. The maximum atomic E-state index is 6.60. The lowest BCUT2D eigenvalue weighted by Gasteiger charge is -2.26. The molecule has 5 heteroatoms. The number of nitrogens with zero attached hydrogens (tertiary/aromatic N) is 4. The number of para-hydroxylation sites is 1. The molecule has 0 unspecified atom stereocenters. The molecule has 0 bridgehead atoms. The minimum Gasteiger partial charge on any atom is -0.457 e. The van der Waals surface area contributed by atoms with Crippen molar-refractivity contribution in [1.29, 1.82) is 0 Å². The van der Waals surface area contributed by atoms with E-state index in [9.17, 15) is 0 Å². The molecule has 0 aliphatic rings. The van der Waals surface area contributed by atoms with Crippen LogP contribution in [0.3, 0.4) is 0 Å². The number of aryl methyl sites for hydroxylation is 3. The lowest BCUT2D eigenvalue weighted by Crippen LogP contribution is -2.21. The van der Waals surface area contributed by atoms with Crippen molar-refractivity contribution in [3.63, 3.8) is 0 Å². The van der Waals surface area contributed by atoms with Crippen LogP contribution in [0, 0.1) is 13.8 Å². The van der Waals surface area contributed by atoms with Crippen LogP contribution in [-0.4, -0.2) is 19.3 Å². The second-order valence-corrected chi connectivity index (χ2v) is 12.9. The van der Waals surface area contributed by atoms with Gasteiger partial charge in [0.15, 0.2) is 0 Å². The fraction of sp³-hybridized carbons (Fsp3) is 0.220. The molecule has 46 heavy (non-hydrogen) atoms. The highest BCUT2D eigenvalue weighted by Crippen LogP contribution is 2.40. The Hall–Kier alpha value is -5.16. The maximum Gasteiger partial charge on any atom is 0.137 e. The number of aromatic nitrogens is 4. The molecule has 230 valence electrons. The van der Waals surface area contributed by atoms with E-state index in [1.54, 1.807) is 0 Å². The van der Waals surface area contributed by atoms with E-state index in [2.05, 4.69) is 142 Å². The van der Waals surface area contributed by atoms with Crippen molar-refractivity contribution in [3.8, 4) is 34.1 Å². The topological polar surface area (TPSA) is 44.9 Å². The van der Waals surface area contributed by atoms with Gasteiger partial charge in [0.2, 0.25) is 0 Å². The molecule has 7 rings (SSSR count). The van der Waals surface area contributed by atoms with Gasteiger partial charge in [-0.2, -0.15) is 5.10 Å². The average Bonchev–Trinajstić information content (AvgIpc) is 3.62. The minimum absolute atomic E-state index is 0.0974. The quantitative estimate of drug-likeness (QED) is 0.173. The van der Waals surface area contributed by atoms with Crippen molar-refractivity contribution in [2.75, 3.05) is 0 Å². The second-order valence-electron chi connectivity index (χ2n) is 12.9. The van der Waals surface area contributed by atoms with Crippen molar-refractivity contribution >= 4 is 21.8 Å². The summed E-state index contributed by atoms with van der Waals surface area (Å²) in [7, 11) is 0. The summed E-state index contributed by atoms with van der Waals surface area (Å²) in [6.45, 7) is 13.3. The molecule has 0 aliphatic heterocycles. The Bertz CT molecular complexity index is 2200. The third kappa shape index (κ3) is 5.16. The molecular formula is C41H40N4O. The highest BCUT2D eigenvalue weighted by atomic mass is 16.5. The van der Waals surface area contributed by atoms with Crippen molar-refractivity contribution in [1.82, 2.24) is 19.3 Å². The highest BCUT2D eigenvalue weighted by Gasteiger charge is 2.31. The minimum atomic E-state index is -0.0974. The number of fused-ring (bicyclic) bond motifs is 3. The van der Waals surface area contributed by atoms with Crippen molar-refractivity contribution in [2.24, 2.45) is 0 Å². The molecule has 0 atom stereocenters. The monoisotopic (exact) mass is 604 g/mol. The molecule has 4 aromatic carbocycles. The van der Waals surface area contributed by atoms with Crippen LogP contribution < -0.4 is 4.74 Å². The Kier molecular flexibility index (Phi) is 7.48. The largest absolute Gasteiger partial charge is 0.457 e. The first kappa shape index (κ1) is 29.5. The number of benzene rings is 4. The van der Waals surface area contributed by atoms with E-state index in [1.807, 2.05) is 18.3 Å². The molecule has 7 aromatic rings. The van der Waals surface area contributed by atoms with E-state index in [-0.39, 0.29) is 5.41 Å². The van der Waals surface area contributed by atoms with Crippen LogP contribution in [0.1, 0.15) is 56.6 Å². The summed E-state index contributed by atoms with van der Waals surface area (Å²) < 4.78 is 11.0. The molecule has 0 aliphatic carbocycles. The second kappa shape index (κ2) is 11.6. The highest BCUT2D eigenvalue weighted by molar-refractivity contribution is 6.09. The van der Waals surface area contributed by atoms with Crippen LogP contribution in [0.4, 0.5) is 0 Å². The lowest BCUT2D eigenvalue weighted by molar-refractivity contribution is 0.471. The van der Waals surface area contributed by atoms with Crippen LogP contribution in [0.5, 0.6) is 11.5 Å². The normalized spacial score (nSPS) is 11.9.